The Kier molecular flexibility index (Phi) is 5.26. The fourth-order valence-electron chi connectivity index (χ4n) is 4.03. The van der Waals surface area contributed by atoms with Crippen molar-refractivity contribution in [3.8, 4) is 0 Å². The minimum Gasteiger partial charge on any atom is -0.369 e. The first-order valence-corrected chi connectivity index (χ1v) is 10.7. The van der Waals surface area contributed by atoms with E-state index in [0.717, 1.165) is 54.4 Å². The van der Waals surface area contributed by atoms with Crippen LogP contribution in [0.2, 0.25) is 0 Å². The van der Waals surface area contributed by atoms with Crippen LogP contribution in [0.15, 0.2) is 65.9 Å². The molecule has 2 aliphatic rings. The molecule has 2 aromatic carbocycles. The van der Waals surface area contributed by atoms with Gasteiger partial charge in [-0.25, -0.2) is 9.97 Å². The maximum atomic E-state index is 4.83. The SMILES string of the molecule is CN1CCN(c2ccc(Nc3ncc4c(n3)C(c3ccccc3)=NN(C)C4)cc2)CC1. The van der Waals surface area contributed by atoms with Crippen LogP contribution in [-0.4, -0.2) is 65.9 Å². The van der Waals surface area contributed by atoms with Gasteiger partial charge in [-0.2, -0.15) is 5.10 Å². The van der Waals surface area contributed by atoms with Crippen LogP contribution in [0, 0.1) is 0 Å². The Balaban J connectivity index is 1.36. The summed E-state index contributed by atoms with van der Waals surface area (Å²) in [7, 11) is 4.15. The molecule has 2 aliphatic heterocycles. The first-order chi connectivity index (χ1) is 15.2. The van der Waals surface area contributed by atoms with Crippen LogP contribution in [0.3, 0.4) is 0 Å². The van der Waals surface area contributed by atoms with Gasteiger partial charge in [-0.05, 0) is 31.3 Å². The second kappa shape index (κ2) is 8.35. The first-order valence-electron chi connectivity index (χ1n) is 10.7. The fourth-order valence-corrected chi connectivity index (χ4v) is 4.03. The zero-order chi connectivity index (χ0) is 21.2. The summed E-state index contributed by atoms with van der Waals surface area (Å²) >= 11 is 0. The summed E-state index contributed by atoms with van der Waals surface area (Å²) in [5.74, 6) is 0.583. The minimum atomic E-state index is 0.583. The van der Waals surface area contributed by atoms with Crippen molar-refractivity contribution in [3.63, 3.8) is 0 Å². The van der Waals surface area contributed by atoms with Crippen molar-refractivity contribution in [2.45, 2.75) is 6.54 Å². The van der Waals surface area contributed by atoms with Crippen molar-refractivity contribution in [1.29, 1.82) is 0 Å². The maximum Gasteiger partial charge on any atom is 0.227 e. The van der Waals surface area contributed by atoms with E-state index in [0.29, 0.717) is 12.5 Å². The van der Waals surface area contributed by atoms with Gasteiger partial charge in [0.05, 0.1) is 6.54 Å². The second-order valence-electron chi connectivity index (χ2n) is 8.16. The summed E-state index contributed by atoms with van der Waals surface area (Å²) in [5.41, 5.74) is 6.12. The van der Waals surface area contributed by atoms with Crippen molar-refractivity contribution in [2.75, 3.05) is 50.5 Å². The highest BCUT2D eigenvalue weighted by Gasteiger charge is 2.21. The number of hydrazone groups is 1. The number of piperazine rings is 1. The van der Waals surface area contributed by atoms with Gasteiger partial charge in [0, 0.05) is 61.9 Å². The Hall–Kier alpha value is -3.45. The van der Waals surface area contributed by atoms with E-state index < -0.39 is 0 Å². The van der Waals surface area contributed by atoms with Crippen LogP contribution in [0.4, 0.5) is 17.3 Å². The number of hydrogen-bond donors (Lipinski definition) is 1. The Bertz CT molecular complexity index is 1070. The summed E-state index contributed by atoms with van der Waals surface area (Å²) < 4.78 is 0. The molecule has 0 aliphatic carbocycles. The Labute approximate surface area is 183 Å². The number of nitrogens with one attached hydrogen (secondary N) is 1. The highest BCUT2D eigenvalue weighted by Crippen LogP contribution is 2.24. The summed E-state index contributed by atoms with van der Waals surface area (Å²) in [6.45, 7) is 5.03. The Morgan fingerprint density at radius 3 is 2.35 bits per heavy atom. The number of aromatic nitrogens is 2. The van der Waals surface area contributed by atoms with Crippen LogP contribution in [0.1, 0.15) is 16.8 Å². The molecule has 1 fully saturated rings. The van der Waals surface area contributed by atoms with E-state index in [1.165, 1.54) is 5.69 Å². The molecule has 0 spiro atoms. The molecule has 7 heteroatoms. The predicted molar refractivity (Wildman–Crippen MR) is 125 cm³/mol. The maximum absolute atomic E-state index is 4.83. The lowest BCUT2D eigenvalue weighted by Crippen LogP contribution is -2.44. The summed E-state index contributed by atoms with van der Waals surface area (Å²) in [6, 6.07) is 18.7. The lowest BCUT2D eigenvalue weighted by molar-refractivity contribution is 0.313. The normalized spacial score (nSPS) is 16.6. The molecule has 1 saturated heterocycles. The number of rotatable bonds is 4. The molecule has 3 heterocycles. The summed E-state index contributed by atoms with van der Waals surface area (Å²) in [5, 5.41) is 10.0. The van der Waals surface area contributed by atoms with Crippen LogP contribution < -0.4 is 10.2 Å². The lowest BCUT2D eigenvalue weighted by Gasteiger charge is -2.34. The highest BCUT2D eigenvalue weighted by atomic mass is 15.4. The molecule has 5 rings (SSSR count). The third-order valence-electron chi connectivity index (χ3n) is 5.80. The molecule has 158 valence electrons. The van der Waals surface area contributed by atoms with Crippen molar-refractivity contribution in [2.24, 2.45) is 5.10 Å². The molecule has 0 bridgehead atoms. The van der Waals surface area contributed by atoms with Gasteiger partial charge in [0.2, 0.25) is 5.95 Å². The van der Waals surface area contributed by atoms with Crippen LogP contribution >= 0.6 is 0 Å². The van der Waals surface area contributed by atoms with E-state index in [9.17, 15) is 0 Å². The van der Waals surface area contributed by atoms with E-state index in [2.05, 4.69) is 63.5 Å². The average Bonchev–Trinajstić information content (AvgIpc) is 2.80. The predicted octanol–water partition coefficient (Wildman–Crippen LogP) is 3.17. The largest absolute Gasteiger partial charge is 0.369 e. The van der Waals surface area contributed by atoms with Crippen LogP contribution in [-0.2, 0) is 6.54 Å². The van der Waals surface area contributed by atoms with Gasteiger partial charge in [-0.15, -0.1) is 0 Å². The standard InChI is InChI=1S/C24H27N7/c1-29-12-14-31(15-13-29)21-10-8-20(9-11-21)26-24-25-16-19-17-30(2)28-23(22(19)27-24)18-6-4-3-5-7-18/h3-11,16H,12-15,17H2,1-2H3,(H,25,26,27). The Morgan fingerprint density at radius 1 is 0.871 bits per heavy atom. The van der Waals surface area contributed by atoms with E-state index in [4.69, 9.17) is 10.1 Å². The minimum absolute atomic E-state index is 0.583. The zero-order valence-electron chi connectivity index (χ0n) is 18.0. The number of hydrogen-bond acceptors (Lipinski definition) is 7. The van der Waals surface area contributed by atoms with Gasteiger partial charge in [0.1, 0.15) is 11.4 Å². The average molecular weight is 414 g/mol. The molecule has 1 N–H and O–H groups in total. The Morgan fingerprint density at radius 2 is 1.61 bits per heavy atom. The van der Waals surface area contributed by atoms with Gasteiger partial charge < -0.3 is 15.1 Å². The number of fused-ring (bicyclic) bond motifs is 1. The fraction of sp³-hybridized carbons (Fsp3) is 0.292. The van der Waals surface area contributed by atoms with Crippen molar-refractivity contribution in [3.05, 3.63) is 77.6 Å². The molecular weight excluding hydrogens is 386 g/mol. The quantitative estimate of drug-likeness (QED) is 0.709. The van der Waals surface area contributed by atoms with Crippen molar-refractivity contribution in [1.82, 2.24) is 19.9 Å². The molecule has 0 radical (unpaired) electrons. The van der Waals surface area contributed by atoms with Crippen molar-refractivity contribution >= 4 is 23.0 Å². The first kappa shape index (κ1) is 19.5. The molecule has 31 heavy (non-hydrogen) atoms. The van der Waals surface area contributed by atoms with Gasteiger partial charge in [-0.1, -0.05) is 30.3 Å². The number of benzene rings is 2. The second-order valence-corrected chi connectivity index (χ2v) is 8.16. The molecule has 1 aromatic heterocycles. The van der Waals surface area contributed by atoms with Gasteiger partial charge in [0.25, 0.3) is 0 Å². The van der Waals surface area contributed by atoms with Gasteiger partial charge in [0.15, 0.2) is 0 Å². The van der Waals surface area contributed by atoms with Crippen LogP contribution in [0.5, 0.6) is 0 Å². The number of anilines is 3. The van der Waals surface area contributed by atoms with E-state index in [1.807, 2.05) is 36.5 Å². The third-order valence-corrected chi connectivity index (χ3v) is 5.80. The highest BCUT2D eigenvalue weighted by molar-refractivity contribution is 6.12. The molecule has 0 amide bonds. The van der Waals surface area contributed by atoms with E-state index in [1.54, 1.807) is 0 Å². The monoisotopic (exact) mass is 413 g/mol. The zero-order valence-corrected chi connectivity index (χ0v) is 18.0. The number of likely N-dealkylation sites (N-methyl/N-ethyl adjacent to an activating group) is 1. The molecule has 3 aromatic rings. The third kappa shape index (κ3) is 4.22. The lowest BCUT2D eigenvalue weighted by atomic mass is 10.0. The molecule has 0 atom stereocenters. The van der Waals surface area contributed by atoms with Crippen LogP contribution in [0.25, 0.3) is 0 Å². The molecule has 0 unspecified atom stereocenters. The summed E-state index contributed by atoms with van der Waals surface area (Å²) in [6.07, 6.45) is 1.90. The smallest absolute Gasteiger partial charge is 0.227 e. The van der Waals surface area contributed by atoms with Gasteiger partial charge in [-0.3, -0.25) is 5.01 Å². The molecular formula is C24H27N7. The van der Waals surface area contributed by atoms with Crippen molar-refractivity contribution < 1.29 is 0 Å². The van der Waals surface area contributed by atoms with Gasteiger partial charge >= 0.3 is 0 Å². The van der Waals surface area contributed by atoms with E-state index in [-0.39, 0.29) is 0 Å². The topological polar surface area (TPSA) is 59.9 Å². The molecule has 7 nitrogen and oxygen atoms in total. The number of nitrogens with zero attached hydrogens (tertiary/aromatic N) is 6. The van der Waals surface area contributed by atoms with E-state index >= 15 is 0 Å². The molecule has 0 saturated carbocycles. The summed E-state index contributed by atoms with van der Waals surface area (Å²) in [4.78, 5) is 14.2.